The topological polar surface area (TPSA) is 26.3 Å². The summed E-state index contributed by atoms with van der Waals surface area (Å²) in [5.74, 6) is -0.859. The van der Waals surface area contributed by atoms with Gasteiger partial charge in [0.1, 0.15) is 5.82 Å². The van der Waals surface area contributed by atoms with Crippen LogP contribution in [-0.2, 0) is 4.74 Å². The van der Waals surface area contributed by atoms with Crippen LogP contribution in [0.3, 0.4) is 0 Å². The minimum absolute atomic E-state index is 0.258. The first-order valence-electron chi connectivity index (χ1n) is 3.29. The molecule has 0 amide bonds. The van der Waals surface area contributed by atoms with Gasteiger partial charge in [-0.15, -0.1) is 0 Å². The maximum atomic E-state index is 12.9. The number of carbonyl (C=O) groups is 1. The monoisotopic (exact) mass is 358 g/mol. The molecule has 13 heavy (non-hydrogen) atoms. The summed E-state index contributed by atoms with van der Waals surface area (Å²) < 4.78 is 18.2. The van der Waals surface area contributed by atoms with E-state index in [1.165, 1.54) is 19.2 Å². The molecule has 5 heteroatoms. The standard InChI is InChI=1S/C8H5BrFIO2/c1-13-8(12)4-2-5(9)6(10)3-7(4)11/h2-3H,1H3. The molecule has 0 saturated heterocycles. The van der Waals surface area contributed by atoms with Gasteiger partial charge in [-0.3, -0.25) is 0 Å². The van der Waals surface area contributed by atoms with Gasteiger partial charge in [-0.1, -0.05) is 0 Å². The van der Waals surface area contributed by atoms with Crippen LogP contribution in [0, 0.1) is 9.39 Å². The second-order valence-electron chi connectivity index (χ2n) is 2.24. The molecule has 0 spiro atoms. The van der Waals surface area contributed by atoms with Crippen LogP contribution in [0.2, 0.25) is 0 Å². The number of rotatable bonds is 1. The zero-order valence-corrected chi connectivity index (χ0v) is 10.3. The first-order chi connectivity index (χ1) is 6.06. The fourth-order valence-corrected chi connectivity index (χ4v) is 1.78. The lowest BCUT2D eigenvalue weighted by atomic mass is 10.2. The Hall–Kier alpha value is -0.170. The Morgan fingerprint density at radius 1 is 1.62 bits per heavy atom. The van der Waals surface area contributed by atoms with Crippen LogP contribution in [0.5, 0.6) is 0 Å². The average molecular weight is 359 g/mol. The summed E-state index contributed by atoms with van der Waals surface area (Å²) >= 11 is 4.87. The van der Waals surface area contributed by atoms with Crippen LogP contribution >= 0.6 is 38.5 Å². The molecule has 70 valence electrons. The van der Waals surface area contributed by atoms with E-state index in [1.807, 2.05) is 22.6 Å². The van der Waals surface area contributed by atoms with Gasteiger partial charge in [0.05, 0.1) is 17.1 Å². The smallest absolute Gasteiger partial charge is 0.338 e. The number of benzene rings is 1. The second kappa shape index (κ2) is 4.36. The Balaban J connectivity index is 3.23. The Kier molecular flexibility index (Phi) is 3.66. The average Bonchev–Trinajstić information content (AvgIpc) is 2.10. The van der Waals surface area contributed by atoms with Crippen LogP contribution in [0.15, 0.2) is 16.6 Å². The molecule has 0 saturated carbocycles. The highest BCUT2D eigenvalue weighted by Gasteiger charge is 2.13. The summed E-state index contributed by atoms with van der Waals surface area (Å²) in [6.45, 7) is 0. The van der Waals surface area contributed by atoms with E-state index in [0.717, 1.165) is 0 Å². The fourth-order valence-electron chi connectivity index (χ4n) is 0.789. The normalized spacial score (nSPS) is 9.85. The largest absolute Gasteiger partial charge is 0.465 e. The molecule has 0 aromatic heterocycles. The molecular weight excluding hydrogens is 354 g/mol. The summed E-state index contributed by atoms with van der Waals surface area (Å²) in [5.41, 5.74) is 0.358. The van der Waals surface area contributed by atoms with Crippen molar-refractivity contribution in [1.29, 1.82) is 0 Å². The van der Waals surface area contributed by atoms with E-state index in [1.54, 1.807) is 0 Å². The van der Waals surface area contributed by atoms with Crippen molar-refractivity contribution in [2.45, 2.75) is 0 Å². The molecular formula is C8H5BrFIO2. The number of methoxy groups -OCH3 is 1. The van der Waals surface area contributed by atoms with Crippen molar-refractivity contribution in [3.63, 3.8) is 0 Å². The summed E-state index contributed by atoms with van der Waals surface area (Å²) in [6, 6.07) is 2.68. The molecule has 0 radical (unpaired) electrons. The summed E-state index contributed by atoms with van der Waals surface area (Å²) in [7, 11) is 1.29. The minimum atomic E-state index is -0.468. The highest BCUT2D eigenvalue weighted by Crippen LogP contribution is 2.22. The molecule has 0 aliphatic carbocycles. The number of carbonyl (C=O) groups excluding carboxylic acids is 1. The summed E-state index contributed by atoms with van der Waals surface area (Å²) in [4.78, 5) is 11.1. The molecule has 1 aromatic carbocycles. The molecule has 0 unspecified atom stereocenters. The number of halogens is 3. The Labute approximate surface area is 96.7 Å². The molecule has 2 nitrogen and oxygen atoms in total. The number of hydrogen-bond acceptors (Lipinski definition) is 2. The summed E-state index contributed by atoms with van der Waals surface area (Å²) in [5, 5.41) is 0. The Bertz CT molecular complexity index is 354. The lowest BCUT2D eigenvalue weighted by molar-refractivity contribution is 0.0599. The van der Waals surface area contributed by atoms with Crippen molar-refractivity contribution >= 4 is 44.5 Å². The van der Waals surface area contributed by atoms with E-state index in [9.17, 15) is 9.18 Å². The fraction of sp³-hybridized carbons (Fsp3) is 0.125. The van der Waals surface area contributed by atoms with Crippen LogP contribution < -0.4 is 0 Å². The van der Waals surface area contributed by atoms with Gasteiger partial charge in [-0.25, -0.2) is 9.18 Å². The van der Waals surface area contributed by atoms with E-state index in [0.29, 0.717) is 9.13 Å². The number of ether oxygens (including phenoxy) is 1. The minimum Gasteiger partial charge on any atom is -0.465 e. The van der Waals surface area contributed by atoms with Crippen molar-refractivity contribution in [3.8, 4) is 0 Å². The molecule has 0 N–H and O–H groups in total. The second-order valence-corrected chi connectivity index (χ2v) is 4.25. The van der Waals surface area contributed by atoms with E-state index in [4.69, 9.17) is 0 Å². The highest BCUT2D eigenvalue weighted by molar-refractivity contribution is 14.1. The lowest BCUT2D eigenvalue weighted by Gasteiger charge is -2.03. The number of esters is 1. The van der Waals surface area contributed by atoms with E-state index in [2.05, 4.69) is 20.7 Å². The van der Waals surface area contributed by atoms with Crippen molar-refractivity contribution < 1.29 is 13.9 Å². The van der Waals surface area contributed by atoms with Gasteiger partial charge in [0.15, 0.2) is 0 Å². The first-order valence-corrected chi connectivity index (χ1v) is 5.16. The SMILES string of the molecule is COC(=O)c1cc(Br)c(F)cc1I. The quantitative estimate of drug-likeness (QED) is 0.438. The van der Waals surface area contributed by atoms with Gasteiger partial charge in [0.2, 0.25) is 0 Å². The Morgan fingerprint density at radius 2 is 2.23 bits per heavy atom. The third-order valence-corrected chi connectivity index (χ3v) is 2.92. The third-order valence-electron chi connectivity index (χ3n) is 1.42. The zero-order chi connectivity index (χ0) is 10.0. The van der Waals surface area contributed by atoms with Crippen LogP contribution in [0.25, 0.3) is 0 Å². The molecule has 0 heterocycles. The van der Waals surface area contributed by atoms with Gasteiger partial charge in [0.25, 0.3) is 0 Å². The lowest BCUT2D eigenvalue weighted by Crippen LogP contribution is -2.04. The molecule has 0 aliphatic heterocycles. The van der Waals surface area contributed by atoms with Gasteiger partial charge < -0.3 is 4.74 Å². The molecule has 1 aromatic rings. The molecule has 0 aliphatic rings. The molecule has 0 bridgehead atoms. The van der Waals surface area contributed by atoms with Gasteiger partial charge in [0, 0.05) is 3.57 Å². The Morgan fingerprint density at radius 3 is 2.77 bits per heavy atom. The molecule has 1 rings (SSSR count). The van der Waals surface area contributed by atoms with Crippen LogP contribution in [0.4, 0.5) is 4.39 Å². The third kappa shape index (κ3) is 2.40. The maximum absolute atomic E-state index is 12.9. The van der Waals surface area contributed by atoms with Crippen molar-refractivity contribution in [2.24, 2.45) is 0 Å². The van der Waals surface area contributed by atoms with Crippen LogP contribution in [0.1, 0.15) is 10.4 Å². The zero-order valence-electron chi connectivity index (χ0n) is 6.61. The first kappa shape index (κ1) is 10.9. The molecule has 0 fully saturated rings. The van der Waals surface area contributed by atoms with E-state index in [-0.39, 0.29) is 4.47 Å². The van der Waals surface area contributed by atoms with E-state index < -0.39 is 11.8 Å². The highest BCUT2D eigenvalue weighted by atomic mass is 127. The molecule has 0 atom stereocenters. The number of hydrogen-bond donors (Lipinski definition) is 0. The van der Waals surface area contributed by atoms with E-state index >= 15 is 0 Å². The predicted octanol–water partition coefficient (Wildman–Crippen LogP) is 2.98. The van der Waals surface area contributed by atoms with Crippen LogP contribution in [-0.4, -0.2) is 13.1 Å². The van der Waals surface area contributed by atoms with Crippen molar-refractivity contribution in [2.75, 3.05) is 7.11 Å². The van der Waals surface area contributed by atoms with Crippen molar-refractivity contribution in [3.05, 3.63) is 31.6 Å². The van der Waals surface area contributed by atoms with Gasteiger partial charge in [-0.05, 0) is 50.7 Å². The van der Waals surface area contributed by atoms with Crippen molar-refractivity contribution in [1.82, 2.24) is 0 Å². The maximum Gasteiger partial charge on any atom is 0.338 e. The predicted molar refractivity (Wildman–Crippen MR) is 58.2 cm³/mol. The summed E-state index contributed by atoms with van der Waals surface area (Å²) in [6.07, 6.45) is 0. The van der Waals surface area contributed by atoms with Gasteiger partial charge >= 0.3 is 5.97 Å². The van der Waals surface area contributed by atoms with Gasteiger partial charge in [-0.2, -0.15) is 0 Å².